The molecule has 0 aliphatic rings. The first-order chi connectivity index (χ1) is 8.83. The molecule has 1 amide bonds. The maximum Gasteiger partial charge on any atom is 0.253 e. The van der Waals surface area contributed by atoms with Crippen LogP contribution >= 0.6 is 0 Å². The van der Waals surface area contributed by atoms with Crippen LogP contribution in [0.15, 0.2) is 24.3 Å². The second-order valence-electron chi connectivity index (χ2n) is 5.92. The molecule has 0 spiro atoms. The molecule has 0 fully saturated rings. The highest BCUT2D eigenvalue weighted by Crippen LogP contribution is 2.20. The van der Waals surface area contributed by atoms with Crippen LogP contribution < -0.4 is 10.6 Å². The van der Waals surface area contributed by atoms with Crippen molar-refractivity contribution in [1.82, 2.24) is 5.32 Å². The summed E-state index contributed by atoms with van der Waals surface area (Å²) < 4.78 is 0. The zero-order chi connectivity index (χ0) is 14.5. The third kappa shape index (κ3) is 5.30. The van der Waals surface area contributed by atoms with E-state index in [4.69, 9.17) is 0 Å². The van der Waals surface area contributed by atoms with Gasteiger partial charge in [-0.3, -0.25) is 4.79 Å². The molecule has 0 aliphatic carbocycles. The lowest BCUT2D eigenvalue weighted by Crippen LogP contribution is -2.34. The SMILES string of the molecule is CNc1ccccc1C(=O)NCC(O)CC(C)(C)C. The molecule has 4 nitrogen and oxygen atoms in total. The molecule has 0 saturated heterocycles. The third-order valence-corrected chi connectivity index (χ3v) is 2.79. The average Bonchev–Trinajstić information content (AvgIpc) is 2.33. The molecule has 19 heavy (non-hydrogen) atoms. The van der Waals surface area contributed by atoms with Crippen LogP contribution in [0.5, 0.6) is 0 Å². The van der Waals surface area contributed by atoms with Gasteiger partial charge < -0.3 is 15.7 Å². The first-order valence-electron chi connectivity index (χ1n) is 6.56. The van der Waals surface area contributed by atoms with E-state index < -0.39 is 6.10 Å². The van der Waals surface area contributed by atoms with Crippen molar-refractivity contribution in [1.29, 1.82) is 0 Å². The van der Waals surface area contributed by atoms with E-state index in [1.807, 2.05) is 18.2 Å². The summed E-state index contributed by atoms with van der Waals surface area (Å²) in [5, 5.41) is 15.6. The fraction of sp³-hybridized carbons (Fsp3) is 0.533. The molecular formula is C15H24N2O2. The number of rotatable bonds is 5. The van der Waals surface area contributed by atoms with E-state index in [1.54, 1.807) is 13.1 Å². The summed E-state index contributed by atoms with van der Waals surface area (Å²) in [5.41, 5.74) is 1.42. The number of aliphatic hydroxyl groups is 1. The van der Waals surface area contributed by atoms with Gasteiger partial charge in [0.05, 0.1) is 11.7 Å². The molecule has 0 bridgehead atoms. The first-order valence-corrected chi connectivity index (χ1v) is 6.56. The summed E-state index contributed by atoms with van der Waals surface area (Å²) in [6.07, 6.45) is 0.131. The lowest BCUT2D eigenvalue weighted by Gasteiger charge is -2.22. The smallest absolute Gasteiger partial charge is 0.253 e. The lowest BCUT2D eigenvalue weighted by molar-refractivity contribution is 0.0869. The van der Waals surface area contributed by atoms with Gasteiger partial charge in [-0.1, -0.05) is 32.9 Å². The second kappa shape index (κ2) is 6.57. The Balaban J connectivity index is 2.56. The fourth-order valence-electron chi connectivity index (χ4n) is 1.98. The second-order valence-corrected chi connectivity index (χ2v) is 5.92. The van der Waals surface area contributed by atoms with Crippen LogP contribution in [-0.4, -0.2) is 30.7 Å². The largest absolute Gasteiger partial charge is 0.391 e. The van der Waals surface area contributed by atoms with E-state index in [0.717, 1.165) is 5.69 Å². The van der Waals surface area contributed by atoms with E-state index in [2.05, 4.69) is 31.4 Å². The Morgan fingerprint density at radius 1 is 1.32 bits per heavy atom. The maximum atomic E-state index is 12.0. The van der Waals surface area contributed by atoms with E-state index in [1.165, 1.54) is 0 Å². The Labute approximate surface area is 115 Å². The van der Waals surface area contributed by atoms with Crippen LogP contribution in [0.3, 0.4) is 0 Å². The van der Waals surface area contributed by atoms with Gasteiger partial charge in [0, 0.05) is 19.3 Å². The van der Waals surface area contributed by atoms with Crippen LogP contribution in [0.25, 0.3) is 0 Å². The van der Waals surface area contributed by atoms with Crippen molar-refractivity contribution in [2.24, 2.45) is 5.41 Å². The Bertz CT molecular complexity index is 424. The van der Waals surface area contributed by atoms with Crippen LogP contribution in [0.2, 0.25) is 0 Å². The minimum atomic E-state index is -0.523. The van der Waals surface area contributed by atoms with Gasteiger partial charge in [0.1, 0.15) is 0 Å². The van der Waals surface area contributed by atoms with Crippen molar-refractivity contribution < 1.29 is 9.90 Å². The standard InChI is InChI=1S/C15H24N2O2/c1-15(2,3)9-11(18)10-17-14(19)12-7-5-6-8-13(12)16-4/h5-8,11,16,18H,9-10H2,1-4H3,(H,17,19). The molecule has 3 N–H and O–H groups in total. The summed E-state index contributed by atoms with van der Waals surface area (Å²) >= 11 is 0. The van der Waals surface area contributed by atoms with Crippen LogP contribution in [0.4, 0.5) is 5.69 Å². The number of anilines is 1. The predicted molar refractivity (Wildman–Crippen MR) is 78.4 cm³/mol. The average molecular weight is 264 g/mol. The van der Waals surface area contributed by atoms with E-state index in [9.17, 15) is 9.90 Å². The number of benzene rings is 1. The molecule has 0 heterocycles. The molecule has 1 aromatic rings. The zero-order valence-electron chi connectivity index (χ0n) is 12.2. The predicted octanol–water partition coefficient (Wildman–Crippen LogP) is 2.26. The topological polar surface area (TPSA) is 61.4 Å². The molecule has 4 heteroatoms. The van der Waals surface area contributed by atoms with Crippen molar-refractivity contribution in [3.63, 3.8) is 0 Å². The Hall–Kier alpha value is -1.55. The molecule has 0 aliphatic heterocycles. The molecule has 1 rings (SSSR count). The maximum absolute atomic E-state index is 12.0. The van der Waals surface area contributed by atoms with E-state index in [-0.39, 0.29) is 17.9 Å². The van der Waals surface area contributed by atoms with Gasteiger partial charge in [-0.05, 0) is 24.0 Å². The van der Waals surface area contributed by atoms with Crippen molar-refractivity contribution in [3.05, 3.63) is 29.8 Å². The number of aliphatic hydroxyl groups excluding tert-OH is 1. The van der Waals surface area contributed by atoms with Crippen LogP contribution in [0.1, 0.15) is 37.6 Å². The van der Waals surface area contributed by atoms with Crippen molar-refractivity contribution in [2.75, 3.05) is 18.9 Å². The van der Waals surface area contributed by atoms with Crippen molar-refractivity contribution in [2.45, 2.75) is 33.3 Å². The Morgan fingerprint density at radius 3 is 2.53 bits per heavy atom. The molecular weight excluding hydrogens is 240 g/mol. The highest BCUT2D eigenvalue weighted by molar-refractivity contribution is 5.99. The van der Waals surface area contributed by atoms with Gasteiger partial charge in [0.25, 0.3) is 5.91 Å². The number of carbonyl (C=O) groups excluding carboxylic acids is 1. The van der Waals surface area contributed by atoms with Crippen LogP contribution in [0, 0.1) is 5.41 Å². The number of carbonyl (C=O) groups is 1. The summed E-state index contributed by atoms with van der Waals surface area (Å²) in [5.74, 6) is -0.169. The van der Waals surface area contributed by atoms with Gasteiger partial charge in [0.2, 0.25) is 0 Å². The molecule has 0 saturated carbocycles. The molecule has 0 radical (unpaired) electrons. The van der Waals surface area contributed by atoms with Gasteiger partial charge in [-0.25, -0.2) is 0 Å². The fourth-order valence-corrected chi connectivity index (χ4v) is 1.98. The quantitative estimate of drug-likeness (QED) is 0.764. The number of nitrogens with one attached hydrogen (secondary N) is 2. The highest BCUT2D eigenvalue weighted by Gasteiger charge is 2.18. The third-order valence-electron chi connectivity index (χ3n) is 2.79. The van der Waals surface area contributed by atoms with Gasteiger partial charge in [0.15, 0.2) is 0 Å². The highest BCUT2D eigenvalue weighted by atomic mass is 16.3. The molecule has 1 unspecified atom stereocenters. The normalized spacial score (nSPS) is 12.9. The van der Waals surface area contributed by atoms with Crippen LogP contribution in [-0.2, 0) is 0 Å². The van der Waals surface area contributed by atoms with E-state index in [0.29, 0.717) is 12.0 Å². The van der Waals surface area contributed by atoms with Crippen molar-refractivity contribution in [3.8, 4) is 0 Å². The zero-order valence-corrected chi connectivity index (χ0v) is 12.2. The number of hydrogen-bond acceptors (Lipinski definition) is 3. The Morgan fingerprint density at radius 2 is 1.95 bits per heavy atom. The first kappa shape index (κ1) is 15.5. The molecule has 106 valence electrons. The number of hydrogen-bond donors (Lipinski definition) is 3. The molecule has 0 aromatic heterocycles. The van der Waals surface area contributed by atoms with Gasteiger partial charge in [-0.15, -0.1) is 0 Å². The van der Waals surface area contributed by atoms with Crippen molar-refractivity contribution >= 4 is 11.6 Å². The number of para-hydroxylation sites is 1. The van der Waals surface area contributed by atoms with Gasteiger partial charge >= 0.3 is 0 Å². The number of amides is 1. The Kier molecular flexibility index (Phi) is 5.36. The summed E-state index contributed by atoms with van der Waals surface area (Å²) in [7, 11) is 1.78. The minimum absolute atomic E-state index is 0.0486. The summed E-state index contributed by atoms with van der Waals surface area (Å²) in [4.78, 5) is 12.0. The van der Waals surface area contributed by atoms with E-state index >= 15 is 0 Å². The molecule has 1 atom stereocenters. The minimum Gasteiger partial charge on any atom is -0.391 e. The summed E-state index contributed by atoms with van der Waals surface area (Å²) in [6, 6.07) is 7.30. The molecule has 1 aromatic carbocycles. The summed E-state index contributed by atoms with van der Waals surface area (Å²) in [6.45, 7) is 6.46. The van der Waals surface area contributed by atoms with Gasteiger partial charge in [-0.2, -0.15) is 0 Å². The monoisotopic (exact) mass is 264 g/mol. The lowest BCUT2D eigenvalue weighted by atomic mass is 9.89.